The lowest BCUT2D eigenvalue weighted by Crippen LogP contribution is -2.48. The summed E-state index contributed by atoms with van der Waals surface area (Å²) in [6, 6.07) is 27.9. The molecule has 4 aromatic rings. The Labute approximate surface area is 269 Å². The number of nitrogens with zero attached hydrogens (tertiary/aromatic N) is 1. The Morgan fingerprint density at radius 1 is 0.826 bits per heavy atom. The quantitative estimate of drug-likeness (QED) is 0.163. The zero-order chi connectivity index (χ0) is 33.3. The minimum atomic E-state index is -3.72. The summed E-state index contributed by atoms with van der Waals surface area (Å²) in [6.07, 6.45) is 0.273. The van der Waals surface area contributed by atoms with Crippen LogP contribution in [0.4, 0.5) is 10.1 Å². The third-order valence-electron chi connectivity index (χ3n) is 7.60. The summed E-state index contributed by atoms with van der Waals surface area (Å²) in [7, 11) is -2.38. The second kappa shape index (κ2) is 15.6. The van der Waals surface area contributed by atoms with Crippen LogP contribution in [0, 0.1) is 5.82 Å². The first kappa shape index (κ1) is 34.3. The van der Waals surface area contributed by atoms with Crippen molar-refractivity contribution in [2.24, 2.45) is 0 Å². The fourth-order valence-electron chi connectivity index (χ4n) is 4.91. The van der Waals surface area contributed by atoms with Gasteiger partial charge in [0.1, 0.15) is 5.82 Å². The Balaban J connectivity index is 1.58. The number of aliphatic hydroxyl groups excluding tert-OH is 1. The second-order valence-corrected chi connectivity index (χ2v) is 13.2. The summed E-state index contributed by atoms with van der Waals surface area (Å²) >= 11 is 0. The van der Waals surface area contributed by atoms with Gasteiger partial charge in [-0.15, -0.1) is 0 Å². The topological polar surface area (TPSA) is 128 Å². The Bertz CT molecular complexity index is 1740. The molecule has 4 aromatic carbocycles. The molecule has 4 N–H and O–H groups in total. The molecule has 0 aromatic heterocycles. The summed E-state index contributed by atoms with van der Waals surface area (Å²) in [5.41, 5.74) is 2.72. The molecule has 0 aliphatic carbocycles. The lowest BCUT2D eigenvalue weighted by Gasteiger charge is -2.25. The number of rotatable bonds is 14. The van der Waals surface area contributed by atoms with E-state index in [0.29, 0.717) is 18.5 Å². The van der Waals surface area contributed by atoms with Crippen LogP contribution in [0.25, 0.3) is 0 Å². The number of amides is 2. The Morgan fingerprint density at radius 2 is 1.41 bits per heavy atom. The number of carbonyl (C=O) groups excluding carboxylic acids is 2. The van der Waals surface area contributed by atoms with Crippen molar-refractivity contribution in [3.8, 4) is 0 Å². The molecule has 2 amide bonds. The van der Waals surface area contributed by atoms with E-state index < -0.39 is 34.0 Å². The van der Waals surface area contributed by atoms with Crippen LogP contribution in [0.3, 0.4) is 0 Å². The smallest absolute Gasteiger partial charge is 0.251 e. The van der Waals surface area contributed by atoms with Crippen molar-refractivity contribution in [3.63, 3.8) is 0 Å². The molecule has 0 radical (unpaired) electrons. The normalized spacial score (nSPS) is 13.3. The van der Waals surface area contributed by atoms with Gasteiger partial charge in [0.25, 0.3) is 11.8 Å². The first-order valence-electron chi connectivity index (χ1n) is 14.8. The highest BCUT2D eigenvalue weighted by Gasteiger charge is 2.25. The molecule has 0 aliphatic rings. The SMILES string of the molecule is C[C@@H](NC(=O)c1cc(C(=O)N[C@@H](Cc2ccccc2)[C@H](O)CNCc2cccc(F)c2)cc(N(C)S(C)(=O)=O)c1)c1ccccc1. The zero-order valence-corrected chi connectivity index (χ0v) is 26.8. The van der Waals surface area contributed by atoms with Gasteiger partial charge >= 0.3 is 0 Å². The molecule has 4 rings (SSSR count). The van der Waals surface area contributed by atoms with E-state index >= 15 is 0 Å². The molecule has 0 aliphatic heterocycles. The summed E-state index contributed by atoms with van der Waals surface area (Å²) in [4.78, 5) is 27.1. The maximum Gasteiger partial charge on any atom is 0.251 e. The Morgan fingerprint density at radius 3 is 2.02 bits per heavy atom. The summed E-state index contributed by atoms with van der Waals surface area (Å²) < 4.78 is 39.4. The van der Waals surface area contributed by atoms with Crippen LogP contribution in [0.2, 0.25) is 0 Å². The molecule has 242 valence electrons. The lowest BCUT2D eigenvalue weighted by molar-refractivity contribution is 0.0830. The second-order valence-electron chi connectivity index (χ2n) is 11.2. The van der Waals surface area contributed by atoms with Gasteiger partial charge in [0.15, 0.2) is 0 Å². The number of benzene rings is 4. The average Bonchev–Trinajstić information content (AvgIpc) is 3.04. The van der Waals surface area contributed by atoms with Gasteiger partial charge < -0.3 is 21.1 Å². The molecule has 0 saturated carbocycles. The predicted molar refractivity (Wildman–Crippen MR) is 178 cm³/mol. The molecule has 46 heavy (non-hydrogen) atoms. The zero-order valence-electron chi connectivity index (χ0n) is 26.0. The molecule has 9 nitrogen and oxygen atoms in total. The third-order valence-corrected chi connectivity index (χ3v) is 8.81. The summed E-state index contributed by atoms with van der Waals surface area (Å²) in [5.74, 6) is -1.45. The van der Waals surface area contributed by atoms with Gasteiger partial charge in [-0.25, -0.2) is 12.8 Å². The van der Waals surface area contributed by atoms with Gasteiger partial charge in [-0.2, -0.15) is 0 Å². The number of hydrogen-bond donors (Lipinski definition) is 4. The fourth-order valence-corrected chi connectivity index (χ4v) is 5.40. The van der Waals surface area contributed by atoms with Crippen molar-refractivity contribution in [2.45, 2.75) is 38.1 Å². The van der Waals surface area contributed by atoms with Crippen molar-refractivity contribution >= 4 is 27.5 Å². The van der Waals surface area contributed by atoms with Gasteiger partial charge in [0.05, 0.1) is 30.1 Å². The average molecular weight is 647 g/mol. The predicted octanol–water partition coefficient (Wildman–Crippen LogP) is 4.20. The van der Waals surface area contributed by atoms with E-state index in [1.807, 2.05) is 67.6 Å². The highest BCUT2D eigenvalue weighted by Crippen LogP contribution is 2.22. The molecule has 0 spiro atoms. The summed E-state index contributed by atoms with van der Waals surface area (Å²) in [5, 5.41) is 20.1. The summed E-state index contributed by atoms with van der Waals surface area (Å²) in [6.45, 7) is 2.22. The van der Waals surface area contributed by atoms with Gasteiger partial charge in [0.2, 0.25) is 10.0 Å². The number of hydrogen-bond acceptors (Lipinski definition) is 6. The van der Waals surface area contributed by atoms with Crippen LogP contribution in [-0.2, 0) is 23.0 Å². The van der Waals surface area contributed by atoms with E-state index in [1.165, 1.54) is 37.4 Å². The Hall–Kier alpha value is -4.58. The minimum Gasteiger partial charge on any atom is -0.390 e. The van der Waals surface area contributed by atoms with E-state index in [9.17, 15) is 27.5 Å². The molecule has 0 heterocycles. The van der Waals surface area contributed by atoms with Gasteiger partial charge in [0, 0.05) is 31.3 Å². The molecular formula is C35H39FN4O5S. The molecule has 0 fully saturated rings. The lowest BCUT2D eigenvalue weighted by atomic mass is 10.00. The van der Waals surface area contributed by atoms with E-state index in [-0.39, 0.29) is 35.2 Å². The molecule has 0 unspecified atom stereocenters. The maximum absolute atomic E-state index is 13.7. The molecule has 3 atom stereocenters. The molecule has 0 bridgehead atoms. The van der Waals surface area contributed by atoms with Gasteiger partial charge in [-0.05, 0) is 60.4 Å². The first-order valence-corrected chi connectivity index (χ1v) is 16.7. The number of sulfonamides is 1. The number of nitrogens with one attached hydrogen (secondary N) is 3. The maximum atomic E-state index is 13.7. The number of aliphatic hydroxyl groups is 1. The van der Waals surface area contributed by atoms with Crippen molar-refractivity contribution in [3.05, 3.63) is 137 Å². The molecule has 0 saturated heterocycles. The fraction of sp³-hybridized carbons (Fsp3) is 0.257. The number of carbonyl (C=O) groups is 2. The van der Waals surface area contributed by atoms with E-state index in [4.69, 9.17) is 0 Å². The van der Waals surface area contributed by atoms with Crippen LogP contribution in [0.15, 0.2) is 103 Å². The van der Waals surface area contributed by atoms with Crippen molar-refractivity contribution < 1.29 is 27.5 Å². The minimum absolute atomic E-state index is 0.0449. The van der Waals surface area contributed by atoms with Crippen molar-refractivity contribution in [2.75, 3.05) is 24.2 Å². The van der Waals surface area contributed by atoms with Crippen molar-refractivity contribution in [1.29, 1.82) is 0 Å². The third kappa shape index (κ3) is 9.71. The van der Waals surface area contributed by atoms with Gasteiger partial charge in [-0.1, -0.05) is 72.8 Å². The molecular weight excluding hydrogens is 607 g/mol. The van der Waals surface area contributed by atoms with Gasteiger partial charge in [-0.3, -0.25) is 13.9 Å². The highest BCUT2D eigenvalue weighted by atomic mass is 32.2. The van der Waals surface area contributed by atoms with Crippen LogP contribution in [0.5, 0.6) is 0 Å². The standard InChI is InChI=1S/C35H39FN4O5S/c1-24(27-14-8-5-9-15-27)38-34(42)28-19-29(21-31(20-28)40(2)46(3,44)45)35(43)39-32(18-25-11-6-4-7-12-25)33(41)23-37-22-26-13-10-16-30(36)17-26/h4-17,19-21,24,32-33,37,41H,18,22-23H2,1-3H3,(H,38,42)(H,39,43)/t24-,32+,33-/m1/s1. The monoisotopic (exact) mass is 646 g/mol. The van der Waals surface area contributed by atoms with E-state index in [2.05, 4.69) is 16.0 Å². The molecule has 11 heteroatoms. The van der Waals surface area contributed by atoms with Crippen LogP contribution < -0.4 is 20.3 Å². The Kier molecular flexibility index (Phi) is 11.6. The van der Waals surface area contributed by atoms with E-state index in [1.54, 1.807) is 12.1 Å². The highest BCUT2D eigenvalue weighted by molar-refractivity contribution is 7.92. The van der Waals surface area contributed by atoms with E-state index in [0.717, 1.165) is 21.7 Å². The first-order chi connectivity index (χ1) is 21.9. The number of halogens is 1. The van der Waals surface area contributed by atoms with Crippen LogP contribution in [-0.4, -0.2) is 57.3 Å². The van der Waals surface area contributed by atoms with Crippen molar-refractivity contribution in [1.82, 2.24) is 16.0 Å². The van der Waals surface area contributed by atoms with Crippen LogP contribution in [0.1, 0.15) is 50.4 Å². The number of anilines is 1. The van der Waals surface area contributed by atoms with Crippen LogP contribution >= 0.6 is 0 Å². The largest absolute Gasteiger partial charge is 0.390 e.